The largest absolute Gasteiger partial charge is 0.373 e. The minimum absolute atomic E-state index is 0.0934. The van der Waals surface area contributed by atoms with E-state index in [0.717, 1.165) is 0 Å². The first kappa shape index (κ1) is 14.3. The van der Waals surface area contributed by atoms with Crippen molar-refractivity contribution in [2.75, 3.05) is 18.0 Å². The predicted octanol–water partition coefficient (Wildman–Crippen LogP) is 1.25. The lowest BCUT2D eigenvalue weighted by molar-refractivity contribution is -0.389. The number of carbonyl (C=O) groups is 1. The van der Waals surface area contributed by atoms with E-state index in [9.17, 15) is 14.9 Å². The summed E-state index contributed by atoms with van der Waals surface area (Å²) in [5.41, 5.74) is 5.22. The van der Waals surface area contributed by atoms with Crippen molar-refractivity contribution >= 4 is 33.8 Å². The number of primary amides is 1. The molecule has 0 aliphatic carbocycles. The second-order valence-corrected chi connectivity index (χ2v) is 5.69. The number of rotatable bonds is 6. The summed E-state index contributed by atoms with van der Waals surface area (Å²) in [7, 11) is 0. The van der Waals surface area contributed by atoms with Crippen LogP contribution in [0.4, 0.5) is 11.6 Å². The van der Waals surface area contributed by atoms with Crippen molar-refractivity contribution in [3.8, 4) is 0 Å². The zero-order valence-electron chi connectivity index (χ0n) is 11.1. The van der Waals surface area contributed by atoms with Gasteiger partial charge in [-0.1, -0.05) is 25.2 Å². The van der Waals surface area contributed by atoms with Crippen LogP contribution in [-0.2, 0) is 4.79 Å². The zero-order valence-corrected chi connectivity index (χ0v) is 12.0. The molecule has 2 aromatic rings. The van der Waals surface area contributed by atoms with Crippen LogP contribution in [0.1, 0.15) is 13.8 Å². The van der Waals surface area contributed by atoms with Gasteiger partial charge in [0, 0.05) is 11.9 Å². The molecule has 0 saturated heterocycles. The summed E-state index contributed by atoms with van der Waals surface area (Å²) in [4.78, 5) is 28.3. The fraction of sp³-hybridized carbons (Fsp3) is 0.455. The Morgan fingerprint density at radius 3 is 2.90 bits per heavy atom. The third-order valence-corrected chi connectivity index (χ3v) is 3.38. The molecule has 2 aromatic heterocycles. The Morgan fingerprint density at radius 2 is 2.35 bits per heavy atom. The molecule has 0 bridgehead atoms. The van der Waals surface area contributed by atoms with Gasteiger partial charge in [0.1, 0.15) is 6.20 Å². The molecular weight excluding hydrogens is 282 g/mol. The fourth-order valence-corrected chi connectivity index (χ4v) is 2.70. The Balaban J connectivity index is 2.50. The van der Waals surface area contributed by atoms with E-state index in [1.54, 1.807) is 16.5 Å². The molecule has 2 rings (SSSR count). The summed E-state index contributed by atoms with van der Waals surface area (Å²) in [5.74, 6) is -0.275. The normalized spacial score (nSPS) is 11.2. The molecule has 108 valence electrons. The molecule has 20 heavy (non-hydrogen) atoms. The van der Waals surface area contributed by atoms with Crippen molar-refractivity contribution in [2.45, 2.75) is 13.8 Å². The van der Waals surface area contributed by atoms with Gasteiger partial charge in [0.05, 0.1) is 6.54 Å². The summed E-state index contributed by atoms with van der Waals surface area (Å²) < 4.78 is 1.41. The van der Waals surface area contributed by atoms with Crippen LogP contribution in [0.3, 0.4) is 0 Å². The van der Waals surface area contributed by atoms with Gasteiger partial charge in [0.25, 0.3) is 4.96 Å². The van der Waals surface area contributed by atoms with Gasteiger partial charge in [-0.2, -0.15) is 9.38 Å². The summed E-state index contributed by atoms with van der Waals surface area (Å²) in [6.45, 7) is 4.29. The Morgan fingerprint density at radius 1 is 1.65 bits per heavy atom. The number of amides is 1. The maximum Gasteiger partial charge on any atom is 0.373 e. The van der Waals surface area contributed by atoms with Crippen LogP contribution in [0.15, 0.2) is 11.6 Å². The lowest BCUT2D eigenvalue weighted by Gasteiger charge is -2.22. The maximum atomic E-state index is 11.3. The molecule has 1 amide bonds. The first-order valence-corrected chi connectivity index (χ1v) is 6.91. The average molecular weight is 297 g/mol. The van der Waals surface area contributed by atoms with E-state index in [-0.39, 0.29) is 24.1 Å². The van der Waals surface area contributed by atoms with Crippen LogP contribution in [0.2, 0.25) is 0 Å². The number of aromatic nitrogens is 2. The molecule has 9 heteroatoms. The standard InChI is InChI=1S/C11H15N5O3S/c1-7(2)5-14(6-8(12)17)9-10(16(18)19)15-3-4-20-11(15)13-9/h3-4,7H,5-6H2,1-2H3,(H2,12,17). The number of anilines is 1. The fourth-order valence-electron chi connectivity index (χ4n) is 2.00. The van der Waals surface area contributed by atoms with Crippen molar-refractivity contribution in [3.05, 3.63) is 21.7 Å². The van der Waals surface area contributed by atoms with Crippen molar-refractivity contribution in [1.29, 1.82) is 0 Å². The second kappa shape index (κ2) is 5.45. The number of carbonyl (C=O) groups excluding carboxylic acids is 1. The van der Waals surface area contributed by atoms with Crippen molar-refractivity contribution in [3.63, 3.8) is 0 Å². The average Bonchev–Trinajstić information content (AvgIpc) is 2.84. The zero-order chi connectivity index (χ0) is 14.9. The number of hydrogen-bond acceptors (Lipinski definition) is 6. The summed E-state index contributed by atoms with van der Waals surface area (Å²) in [6, 6.07) is 0. The minimum Gasteiger partial charge on any atom is -0.368 e. The number of imidazole rings is 1. The lowest BCUT2D eigenvalue weighted by atomic mass is 10.2. The number of thiazole rings is 1. The second-order valence-electron chi connectivity index (χ2n) is 4.81. The predicted molar refractivity (Wildman–Crippen MR) is 76.0 cm³/mol. The van der Waals surface area contributed by atoms with Crippen molar-refractivity contribution < 1.29 is 9.72 Å². The molecule has 0 aliphatic rings. The number of nitrogens with two attached hydrogens (primary N) is 1. The number of nitro groups is 1. The Bertz CT molecular complexity index is 648. The van der Waals surface area contributed by atoms with Crippen LogP contribution in [0, 0.1) is 16.0 Å². The molecule has 2 heterocycles. The number of hydrogen-bond donors (Lipinski definition) is 1. The molecule has 0 radical (unpaired) electrons. The first-order valence-electron chi connectivity index (χ1n) is 6.03. The van der Waals surface area contributed by atoms with Gasteiger partial charge >= 0.3 is 5.82 Å². The van der Waals surface area contributed by atoms with E-state index >= 15 is 0 Å². The van der Waals surface area contributed by atoms with Gasteiger partial charge in [-0.15, -0.1) is 0 Å². The highest BCUT2D eigenvalue weighted by Crippen LogP contribution is 2.31. The van der Waals surface area contributed by atoms with Crippen LogP contribution >= 0.6 is 11.3 Å². The molecule has 0 aliphatic heterocycles. The maximum absolute atomic E-state index is 11.3. The van der Waals surface area contributed by atoms with Gasteiger partial charge in [-0.05, 0) is 10.8 Å². The van der Waals surface area contributed by atoms with E-state index < -0.39 is 10.8 Å². The molecule has 2 N–H and O–H groups in total. The highest BCUT2D eigenvalue weighted by molar-refractivity contribution is 7.15. The molecule has 0 spiro atoms. The quantitative estimate of drug-likeness (QED) is 0.638. The molecule has 0 saturated carbocycles. The van der Waals surface area contributed by atoms with Gasteiger partial charge < -0.3 is 20.7 Å². The van der Waals surface area contributed by atoms with Gasteiger partial charge in [0.15, 0.2) is 0 Å². The third kappa shape index (κ3) is 2.72. The van der Waals surface area contributed by atoms with Gasteiger partial charge in [-0.3, -0.25) is 4.79 Å². The van der Waals surface area contributed by atoms with Gasteiger partial charge in [0.2, 0.25) is 11.7 Å². The van der Waals surface area contributed by atoms with E-state index in [4.69, 9.17) is 5.73 Å². The number of nitrogens with zero attached hydrogens (tertiary/aromatic N) is 4. The van der Waals surface area contributed by atoms with Crippen molar-refractivity contribution in [2.24, 2.45) is 11.7 Å². The van der Waals surface area contributed by atoms with Crippen LogP contribution in [0.25, 0.3) is 4.96 Å². The number of fused-ring (bicyclic) bond motifs is 1. The smallest absolute Gasteiger partial charge is 0.368 e. The van der Waals surface area contributed by atoms with E-state index in [1.807, 2.05) is 13.8 Å². The van der Waals surface area contributed by atoms with Gasteiger partial charge in [-0.25, -0.2) is 0 Å². The Hall–Kier alpha value is -2.16. The van der Waals surface area contributed by atoms with E-state index in [1.165, 1.54) is 15.7 Å². The lowest BCUT2D eigenvalue weighted by Crippen LogP contribution is -2.36. The van der Waals surface area contributed by atoms with Crippen LogP contribution in [-0.4, -0.2) is 33.3 Å². The Kier molecular flexibility index (Phi) is 3.89. The summed E-state index contributed by atoms with van der Waals surface area (Å²) in [6.07, 6.45) is 1.59. The molecular formula is C11H15N5O3S. The van der Waals surface area contributed by atoms with Crippen LogP contribution in [0.5, 0.6) is 0 Å². The molecule has 0 unspecified atom stereocenters. The summed E-state index contributed by atoms with van der Waals surface area (Å²) >= 11 is 1.30. The topological polar surface area (TPSA) is 107 Å². The molecule has 0 aromatic carbocycles. The van der Waals surface area contributed by atoms with Crippen LogP contribution < -0.4 is 10.6 Å². The minimum atomic E-state index is -0.545. The van der Waals surface area contributed by atoms with Crippen molar-refractivity contribution in [1.82, 2.24) is 9.38 Å². The highest BCUT2D eigenvalue weighted by Gasteiger charge is 2.28. The first-order chi connectivity index (χ1) is 9.40. The molecule has 0 atom stereocenters. The molecule has 0 fully saturated rings. The Labute approximate surface area is 119 Å². The van der Waals surface area contributed by atoms with E-state index in [2.05, 4.69) is 4.98 Å². The highest BCUT2D eigenvalue weighted by atomic mass is 32.1. The van der Waals surface area contributed by atoms with E-state index in [0.29, 0.717) is 11.5 Å². The SMILES string of the molecule is CC(C)CN(CC(N)=O)c1nc2sccn2c1[N+](=O)[O-]. The monoisotopic (exact) mass is 297 g/mol. The molecule has 8 nitrogen and oxygen atoms in total. The summed E-state index contributed by atoms with van der Waals surface area (Å²) in [5, 5.41) is 13.0. The third-order valence-electron chi connectivity index (χ3n) is 2.62.